The molecule has 0 aromatic carbocycles. The van der Waals surface area contributed by atoms with Gasteiger partial charge in [-0.3, -0.25) is 0 Å². The molecule has 0 bridgehead atoms. The third-order valence-electron chi connectivity index (χ3n) is 0.430. The van der Waals surface area contributed by atoms with Crippen LogP contribution in [0.2, 0.25) is 0 Å². The molecule has 0 radical (unpaired) electrons. The lowest BCUT2D eigenvalue weighted by molar-refractivity contribution is -0.112. The highest BCUT2D eigenvalue weighted by atomic mass is 32.3. The Balaban J connectivity index is 4.20. The first-order chi connectivity index (χ1) is 5.33. The van der Waals surface area contributed by atoms with Gasteiger partial charge in [0.2, 0.25) is 0 Å². The molecule has 0 atom stereocenters. The molecule has 0 saturated heterocycles. The molecule has 0 aromatic rings. The first kappa shape index (κ1) is 11.7. The maximum Gasteiger partial charge on any atom is 0.443 e. The summed E-state index contributed by atoms with van der Waals surface area (Å²) in [7, 11) is -9.44. The third-order valence-corrected chi connectivity index (χ3v) is 1.46. The standard InChI is InChI=1S/H4N2O8S2/c1-7-11(3,4)9-10-12(5,6)8-2/h1-2H2. The molecule has 10 nitrogen and oxygen atoms in total. The van der Waals surface area contributed by atoms with Gasteiger partial charge in [-0.2, -0.15) is 37.2 Å². The topological polar surface area (TPSA) is 157 Å². The highest BCUT2D eigenvalue weighted by Crippen LogP contribution is 1.98. The molecule has 0 aliphatic heterocycles. The summed E-state index contributed by atoms with van der Waals surface area (Å²) in [5.41, 5.74) is 0. The van der Waals surface area contributed by atoms with Crippen LogP contribution in [-0.2, 0) is 38.0 Å². The van der Waals surface area contributed by atoms with Crippen molar-refractivity contribution in [1.29, 1.82) is 0 Å². The zero-order valence-corrected chi connectivity index (χ0v) is 6.87. The quantitative estimate of drug-likeness (QED) is 0.369. The molecule has 0 heterocycles. The fourth-order valence-electron chi connectivity index (χ4n) is 0.100. The second-order valence-electron chi connectivity index (χ2n) is 1.15. The van der Waals surface area contributed by atoms with E-state index < -0.39 is 20.8 Å². The van der Waals surface area contributed by atoms with Gasteiger partial charge in [0.25, 0.3) is 0 Å². The molecular weight excluding hydrogens is 220 g/mol. The fraction of sp³-hybridized carbons (Fsp3) is 0. The van der Waals surface area contributed by atoms with Crippen molar-refractivity contribution in [2.45, 2.75) is 0 Å². The van der Waals surface area contributed by atoms with E-state index in [9.17, 15) is 16.8 Å². The van der Waals surface area contributed by atoms with Crippen molar-refractivity contribution in [3.63, 3.8) is 0 Å². The highest BCUT2D eigenvalue weighted by molar-refractivity contribution is 7.84. The van der Waals surface area contributed by atoms with Crippen LogP contribution in [0.15, 0.2) is 0 Å². The van der Waals surface area contributed by atoms with Crippen molar-refractivity contribution >= 4 is 20.8 Å². The molecule has 12 heteroatoms. The van der Waals surface area contributed by atoms with Gasteiger partial charge in [-0.15, -0.1) is 0 Å². The van der Waals surface area contributed by atoms with Gasteiger partial charge in [0.05, 0.1) is 0 Å². The minimum Gasteiger partial charge on any atom is -0.196 e. The average molecular weight is 224 g/mol. The molecule has 74 valence electrons. The summed E-state index contributed by atoms with van der Waals surface area (Å²) < 4.78 is 53.0. The summed E-state index contributed by atoms with van der Waals surface area (Å²) in [6.45, 7) is 0. The molecule has 0 amide bonds. The van der Waals surface area contributed by atoms with E-state index in [-0.39, 0.29) is 0 Å². The molecule has 0 aliphatic rings. The summed E-state index contributed by atoms with van der Waals surface area (Å²) in [5, 5.41) is 0. The minimum atomic E-state index is -4.72. The molecule has 0 aromatic heterocycles. The zero-order chi connectivity index (χ0) is 9.83. The summed E-state index contributed by atoms with van der Waals surface area (Å²) in [5.74, 6) is 8.23. The van der Waals surface area contributed by atoms with E-state index in [1.54, 1.807) is 0 Å². The van der Waals surface area contributed by atoms with Crippen LogP contribution in [0.3, 0.4) is 0 Å². The van der Waals surface area contributed by atoms with Gasteiger partial charge in [-0.1, -0.05) is 8.67 Å². The SMILES string of the molecule is NOS(=O)(=O)OOS(=O)(=O)ON. The lowest BCUT2D eigenvalue weighted by Gasteiger charge is -1.98. The van der Waals surface area contributed by atoms with Crippen molar-refractivity contribution < 1.29 is 34.1 Å². The Morgan fingerprint density at radius 1 is 0.750 bits per heavy atom. The van der Waals surface area contributed by atoms with Gasteiger partial charge in [-0.05, 0) is 0 Å². The first-order valence-electron chi connectivity index (χ1n) is 1.97. The van der Waals surface area contributed by atoms with E-state index in [2.05, 4.69) is 29.0 Å². The molecule has 0 unspecified atom stereocenters. The number of rotatable bonds is 5. The van der Waals surface area contributed by atoms with Crippen LogP contribution in [-0.4, -0.2) is 16.8 Å². The van der Waals surface area contributed by atoms with Crippen molar-refractivity contribution in [2.24, 2.45) is 11.8 Å². The van der Waals surface area contributed by atoms with Crippen molar-refractivity contribution in [3.8, 4) is 0 Å². The molecular formula is H4N2O8S2. The largest absolute Gasteiger partial charge is 0.443 e. The molecule has 0 rings (SSSR count). The molecule has 0 spiro atoms. The van der Waals surface area contributed by atoms with Crippen LogP contribution < -0.4 is 11.8 Å². The maximum absolute atomic E-state index is 10.1. The second kappa shape index (κ2) is 4.06. The lowest BCUT2D eigenvalue weighted by atomic mass is 13.6. The number of hydrogen-bond donors (Lipinski definition) is 2. The highest BCUT2D eigenvalue weighted by Gasteiger charge is 2.19. The van der Waals surface area contributed by atoms with Crippen LogP contribution in [0, 0.1) is 0 Å². The van der Waals surface area contributed by atoms with Crippen LogP contribution in [0.25, 0.3) is 0 Å². The van der Waals surface area contributed by atoms with E-state index in [0.29, 0.717) is 0 Å². The molecule has 0 aliphatic carbocycles. The number of nitrogens with two attached hydrogens (primary N) is 2. The first-order valence-corrected chi connectivity index (χ1v) is 4.64. The third kappa shape index (κ3) is 4.52. The molecule has 12 heavy (non-hydrogen) atoms. The number of hydrogen-bond acceptors (Lipinski definition) is 10. The van der Waals surface area contributed by atoms with Crippen molar-refractivity contribution in [3.05, 3.63) is 0 Å². The summed E-state index contributed by atoms with van der Waals surface area (Å²) in [6, 6.07) is 0. The van der Waals surface area contributed by atoms with Gasteiger partial charge >= 0.3 is 20.8 Å². The van der Waals surface area contributed by atoms with E-state index in [4.69, 9.17) is 0 Å². The van der Waals surface area contributed by atoms with E-state index in [1.165, 1.54) is 0 Å². The zero-order valence-electron chi connectivity index (χ0n) is 5.24. The Morgan fingerprint density at radius 3 is 1.17 bits per heavy atom. The Hall–Kier alpha value is -0.340. The average Bonchev–Trinajstić information content (AvgIpc) is 2.02. The molecule has 0 saturated carbocycles. The van der Waals surface area contributed by atoms with Crippen molar-refractivity contribution in [2.75, 3.05) is 0 Å². The monoisotopic (exact) mass is 224 g/mol. The smallest absolute Gasteiger partial charge is 0.196 e. The Bertz CT molecular complexity index is 275. The Labute approximate surface area is 67.4 Å². The Morgan fingerprint density at radius 2 is 1.00 bits per heavy atom. The van der Waals surface area contributed by atoms with Crippen LogP contribution >= 0.6 is 0 Å². The van der Waals surface area contributed by atoms with E-state index >= 15 is 0 Å². The summed E-state index contributed by atoms with van der Waals surface area (Å²) in [6.07, 6.45) is 0. The van der Waals surface area contributed by atoms with Crippen LogP contribution in [0.1, 0.15) is 0 Å². The summed E-state index contributed by atoms with van der Waals surface area (Å²) in [4.78, 5) is 0. The van der Waals surface area contributed by atoms with Gasteiger partial charge in [0, 0.05) is 0 Å². The second-order valence-corrected chi connectivity index (χ2v) is 3.44. The summed E-state index contributed by atoms with van der Waals surface area (Å²) >= 11 is 0. The maximum atomic E-state index is 10.1. The predicted octanol–water partition coefficient (Wildman–Crippen LogP) is -2.80. The van der Waals surface area contributed by atoms with Gasteiger partial charge < -0.3 is 0 Å². The molecule has 0 fully saturated rings. The van der Waals surface area contributed by atoms with E-state index in [0.717, 1.165) is 0 Å². The van der Waals surface area contributed by atoms with Crippen molar-refractivity contribution in [1.82, 2.24) is 0 Å². The lowest BCUT2D eigenvalue weighted by Crippen LogP contribution is -2.20. The fourth-order valence-corrected chi connectivity index (χ4v) is 0.709. The Kier molecular flexibility index (Phi) is 3.94. The predicted molar refractivity (Wildman–Crippen MR) is 30.6 cm³/mol. The molecule has 4 N–H and O–H groups in total. The van der Waals surface area contributed by atoms with Gasteiger partial charge in [0.15, 0.2) is 0 Å². The van der Waals surface area contributed by atoms with Crippen LogP contribution in [0.5, 0.6) is 0 Å². The minimum absolute atomic E-state index is 3.14. The normalized spacial score (nSPS) is 13.2. The van der Waals surface area contributed by atoms with E-state index in [1.807, 2.05) is 0 Å². The van der Waals surface area contributed by atoms with Crippen LogP contribution in [0.4, 0.5) is 0 Å². The van der Waals surface area contributed by atoms with Gasteiger partial charge in [0.1, 0.15) is 0 Å². The van der Waals surface area contributed by atoms with Gasteiger partial charge in [-0.25, -0.2) is 0 Å².